The number of para-hydroxylation sites is 1. The summed E-state index contributed by atoms with van der Waals surface area (Å²) in [6.07, 6.45) is 2.45. The Hall–Kier alpha value is -11.8. The lowest BCUT2D eigenvalue weighted by molar-refractivity contribution is -0.136. The molecule has 1 aliphatic heterocycles. The zero-order chi connectivity index (χ0) is 84.3. The number of H-pyrrole nitrogens is 2. The molecule has 1 saturated heterocycles. The first-order chi connectivity index (χ1) is 53.2. The number of amides is 17. The van der Waals surface area contributed by atoms with Crippen LogP contribution >= 0.6 is 0 Å². The Kier molecular flexibility index (Phi) is 38.7. The van der Waals surface area contributed by atoms with Crippen molar-refractivity contribution in [1.29, 1.82) is 0 Å². The highest BCUT2D eigenvalue weighted by Gasteiger charge is 2.37. The summed E-state index contributed by atoms with van der Waals surface area (Å²) in [7, 11) is 0. The van der Waals surface area contributed by atoms with E-state index < -0.39 is 211 Å². The third-order valence-corrected chi connectivity index (χ3v) is 17.9. The van der Waals surface area contributed by atoms with E-state index in [2.05, 4.69) is 94.4 Å². The number of primary amides is 4. The molecule has 4 rings (SSSR count). The first-order valence-electron chi connectivity index (χ1n) is 37.5. The summed E-state index contributed by atoms with van der Waals surface area (Å²) in [6, 6.07) is -8.72. The Morgan fingerprint density at radius 1 is 0.522 bits per heavy atom. The topological polar surface area (TPSA) is 672 Å². The number of aromatic nitrogens is 3. The summed E-state index contributed by atoms with van der Waals surface area (Å²) in [5, 5.41) is 36.7. The highest BCUT2D eigenvalue weighted by molar-refractivity contribution is 6.01. The smallest absolute Gasteiger partial charge is 0.243 e. The van der Waals surface area contributed by atoms with Crippen LogP contribution in [0.15, 0.2) is 48.0 Å². The molecule has 3 aromatic rings. The second kappa shape index (κ2) is 46.8. The first kappa shape index (κ1) is 93.6. The van der Waals surface area contributed by atoms with Crippen molar-refractivity contribution in [1.82, 2.24) is 89.4 Å². The van der Waals surface area contributed by atoms with Crippen LogP contribution in [0.5, 0.6) is 0 Å². The van der Waals surface area contributed by atoms with Crippen LogP contribution < -0.4 is 109 Å². The number of imidazole rings is 1. The van der Waals surface area contributed by atoms with Crippen LogP contribution in [0.25, 0.3) is 10.9 Å². The molecule has 0 aliphatic carbocycles. The molecule has 28 N–H and O–H groups in total. The Labute approximate surface area is 653 Å². The summed E-state index contributed by atoms with van der Waals surface area (Å²) in [5.41, 5.74) is 34.7. The molecular weight excluding hydrogens is 1470 g/mol. The van der Waals surface area contributed by atoms with Crippen LogP contribution in [0.2, 0.25) is 0 Å². The van der Waals surface area contributed by atoms with E-state index in [9.17, 15) is 81.5 Å². The summed E-state index contributed by atoms with van der Waals surface area (Å²) in [5.74, 6) is -15.9. The third-order valence-electron chi connectivity index (χ3n) is 17.9. The second-order valence-electron chi connectivity index (χ2n) is 29.5. The molecule has 1 unspecified atom stereocenters. The Bertz CT molecular complexity index is 3840. The lowest BCUT2D eigenvalue weighted by atomic mass is 10.0. The number of carbonyl (C=O) groups is 17. The number of nitrogens with one attached hydrogen (secondary N) is 16. The van der Waals surface area contributed by atoms with Crippen molar-refractivity contribution in [2.75, 3.05) is 26.2 Å². The third kappa shape index (κ3) is 34.1. The Morgan fingerprint density at radius 3 is 1.58 bits per heavy atom. The predicted molar refractivity (Wildman–Crippen MR) is 411 cm³/mol. The van der Waals surface area contributed by atoms with Gasteiger partial charge in [-0.15, -0.1) is 0 Å². The molecule has 0 spiro atoms. The number of fused-ring (bicyclic) bond motifs is 1. The molecule has 0 saturated carbocycles. The number of nitrogens with zero attached hydrogens (tertiary/aromatic N) is 2. The van der Waals surface area contributed by atoms with E-state index in [0.29, 0.717) is 35.0 Å². The fourth-order valence-corrected chi connectivity index (χ4v) is 12.1. The fourth-order valence-electron chi connectivity index (χ4n) is 12.1. The number of aliphatic imine (C=N–C) groups is 1. The van der Waals surface area contributed by atoms with Gasteiger partial charge in [-0.3, -0.25) is 86.5 Å². The van der Waals surface area contributed by atoms with Crippen molar-refractivity contribution in [3.05, 3.63) is 54.2 Å². The van der Waals surface area contributed by atoms with Crippen LogP contribution in [0, 0.1) is 23.7 Å². The predicted octanol–water partition coefficient (Wildman–Crippen LogP) is -6.25. The molecule has 41 nitrogen and oxygen atoms in total. The lowest BCUT2D eigenvalue weighted by Gasteiger charge is -2.27. The zero-order valence-electron chi connectivity index (χ0n) is 65.3. The van der Waals surface area contributed by atoms with Gasteiger partial charge in [-0.2, -0.15) is 0 Å². The van der Waals surface area contributed by atoms with Crippen molar-refractivity contribution < 1.29 is 81.5 Å². The highest BCUT2D eigenvalue weighted by Crippen LogP contribution is 2.21. The molecule has 113 heavy (non-hydrogen) atoms. The molecule has 17 amide bonds. The van der Waals surface area contributed by atoms with Crippen LogP contribution in [0.4, 0.5) is 0 Å². The summed E-state index contributed by atoms with van der Waals surface area (Å²) in [6.45, 7) is 14.3. The number of guanidine groups is 1. The van der Waals surface area contributed by atoms with E-state index in [4.69, 9.17) is 34.4 Å². The van der Waals surface area contributed by atoms with Crippen molar-refractivity contribution in [2.45, 2.75) is 225 Å². The number of rotatable bonds is 51. The molecule has 624 valence electrons. The molecule has 0 radical (unpaired) electrons. The monoisotopic (exact) mass is 1590 g/mol. The van der Waals surface area contributed by atoms with Gasteiger partial charge in [-0.05, 0) is 93.6 Å². The van der Waals surface area contributed by atoms with Gasteiger partial charge in [-0.1, -0.05) is 73.6 Å². The summed E-state index contributed by atoms with van der Waals surface area (Å²) >= 11 is 0. The van der Waals surface area contributed by atoms with E-state index in [1.807, 2.05) is 27.7 Å². The van der Waals surface area contributed by atoms with Gasteiger partial charge in [0.1, 0.15) is 60.4 Å². The van der Waals surface area contributed by atoms with Crippen molar-refractivity contribution in [3.63, 3.8) is 0 Å². The molecule has 1 fully saturated rings. The molecule has 41 heteroatoms. The minimum Gasteiger partial charge on any atom is -0.370 e. The maximum Gasteiger partial charge on any atom is 0.243 e. The minimum absolute atomic E-state index is 0.0200. The van der Waals surface area contributed by atoms with Crippen LogP contribution in [0.1, 0.15) is 151 Å². The number of hydrogen-bond acceptors (Lipinski definition) is 20. The fraction of sp³-hybridized carbons (Fsp3) is 0.597. The molecular formula is C72H114N24O17. The SMILES string of the molecule is CC(C)CC(CN[C@@H](CC(C)C)C(N)=O)NC(=O)[C@H](Cc1cnc[nH]1)NC(=O)CNC(=O)[C@@H](NC(=O)[C@H](C)NC(=O)[C@H](Cc1c[nH]c2ccccc12)NC(=O)[C@H](CCC(N)=O)NC(=O)[C@H](CC(N)=O)NC(=O)CNC(=O)[C@H](CC(C)C)NC(=O)[C@H](CCCN=C(N)N)NC(=O)[C@H](CCC(N)=O)NC(=O)[C@@H]1CCC(=O)N1)C(C)C. The average molecular weight is 1590 g/mol. The second-order valence-corrected chi connectivity index (χ2v) is 29.5. The van der Waals surface area contributed by atoms with Gasteiger partial charge in [0.25, 0.3) is 0 Å². The maximum absolute atomic E-state index is 14.6. The number of nitrogens with two attached hydrogens (primary N) is 6. The van der Waals surface area contributed by atoms with Crippen molar-refractivity contribution >= 4 is 117 Å². The van der Waals surface area contributed by atoms with Gasteiger partial charge in [0.05, 0.1) is 31.9 Å². The molecule has 1 aliphatic rings. The number of hydrogen-bond donors (Lipinski definition) is 22. The highest BCUT2D eigenvalue weighted by atomic mass is 16.2. The Morgan fingerprint density at radius 2 is 1.04 bits per heavy atom. The van der Waals surface area contributed by atoms with Crippen molar-refractivity contribution in [3.8, 4) is 0 Å². The van der Waals surface area contributed by atoms with Crippen molar-refractivity contribution in [2.24, 2.45) is 63.1 Å². The summed E-state index contributed by atoms with van der Waals surface area (Å²) < 4.78 is 0. The Balaban J connectivity index is 1.50. The van der Waals surface area contributed by atoms with Gasteiger partial charge in [0.15, 0.2) is 5.96 Å². The van der Waals surface area contributed by atoms with Gasteiger partial charge < -0.3 is 119 Å². The number of carbonyl (C=O) groups excluding carboxylic acids is 17. The van der Waals surface area contributed by atoms with E-state index >= 15 is 0 Å². The van der Waals surface area contributed by atoms with Crippen LogP contribution in [-0.2, 0) is 94.3 Å². The molecule has 12 atom stereocenters. The van der Waals surface area contributed by atoms with Gasteiger partial charge >= 0.3 is 0 Å². The van der Waals surface area contributed by atoms with E-state index in [-0.39, 0.29) is 94.6 Å². The van der Waals surface area contributed by atoms with E-state index in [1.54, 1.807) is 58.2 Å². The molecule has 2 aromatic heterocycles. The van der Waals surface area contributed by atoms with E-state index in [1.165, 1.54) is 19.4 Å². The normalized spacial score (nSPS) is 15.5. The molecule has 0 bridgehead atoms. The molecule has 1 aromatic carbocycles. The largest absolute Gasteiger partial charge is 0.370 e. The maximum atomic E-state index is 14.6. The van der Waals surface area contributed by atoms with Gasteiger partial charge in [0.2, 0.25) is 100 Å². The van der Waals surface area contributed by atoms with Gasteiger partial charge in [0, 0.05) is 80.2 Å². The minimum atomic E-state index is -1.88. The number of aromatic amines is 2. The quantitative estimate of drug-likeness (QED) is 0.0142. The standard InChI is InChI=1S/C72H114N24O17/c1-35(2)23-42(31-82-49(61(76)103)24-36(3)4)87-69(111)52(27-41-30-79-34-85-41)89-59(102)33-84-71(113)60(38(7)8)96-62(104)39(9)86-68(110)51(26-40-29-81-44-14-11-10-13-43(40)44)95-67(109)48(17-20-55(74)98)93-70(112)53(28-56(75)99)90-58(101)32-83-63(105)50(25-37(5)6)94-64(106)45(15-12-22-80-72(77)78)91-66(108)47(16-19-54(73)97)92-65(107)46-18-21-57(100)88-46/h10-11,13-14,29-30,34-39,42,45-53,60,81-82H,12,15-28,31-33H2,1-9H3,(H2,73,97)(H2,74,98)(H2,75,99)(H2,76,103)(H,79,85)(H,83,105)(H,84,113)(H,86,110)(H,87,111)(H,88,100)(H,89,102)(H,90,101)(H,91,108)(H,92,107)(H,93,112)(H,94,106)(H,95,109)(H,96,104)(H4,77,78,80)/t39-,42?,45-,46-,47-,48-,49-,50-,51-,52-,53-,60-/m0/s1. The average Bonchev–Trinajstić information content (AvgIpc) is 1.70. The van der Waals surface area contributed by atoms with Crippen LogP contribution in [0.3, 0.4) is 0 Å². The molecule has 3 heterocycles. The summed E-state index contributed by atoms with van der Waals surface area (Å²) in [4.78, 5) is 242. The van der Waals surface area contributed by atoms with Gasteiger partial charge in [-0.25, -0.2) is 4.98 Å². The zero-order valence-corrected chi connectivity index (χ0v) is 65.3. The van der Waals surface area contributed by atoms with E-state index in [0.717, 1.165) is 0 Å². The van der Waals surface area contributed by atoms with Crippen LogP contribution in [-0.4, -0.2) is 220 Å². The number of benzene rings is 1. The lowest BCUT2D eigenvalue weighted by Crippen LogP contribution is -2.60. The first-order valence-corrected chi connectivity index (χ1v) is 37.5.